The molecule has 0 saturated carbocycles. The van der Waals surface area contributed by atoms with Gasteiger partial charge in [0.05, 0.1) is 11.6 Å². The van der Waals surface area contributed by atoms with Gasteiger partial charge in [-0.15, -0.1) is 0 Å². The Bertz CT molecular complexity index is 525. The fourth-order valence-electron chi connectivity index (χ4n) is 1.61. The number of benzene rings is 1. The van der Waals surface area contributed by atoms with Crippen LogP contribution in [0.3, 0.4) is 0 Å². The predicted octanol–water partition coefficient (Wildman–Crippen LogP) is 2.98. The Morgan fingerprint density at radius 1 is 1.31 bits per heavy atom. The maximum absolute atomic E-state index is 4.56. The summed E-state index contributed by atoms with van der Waals surface area (Å²) in [6, 6.07) is 6.25. The number of hydrogen-bond acceptors (Lipinski definition) is 3. The summed E-state index contributed by atoms with van der Waals surface area (Å²) in [7, 11) is 1.91. The summed E-state index contributed by atoms with van der Waals surface area (Å²) in [5.74, 6) is 0.839. The van der Waals surface area contributed by atoms with E-state index < -0.39 is 0 Å². The fourth-order valence-corrected chi connectivity index (χ4v) is 1.96. The van der Waals surface area contributed by atoms with Gasteiger partial charge in [0.2, 0.25) is 0 Å². The van der Waals surface area contributed by atoms with Gasteiger partial charge >= 0.3 is 0 Å². The number of nitrogens with one attached hydrogen (secondary N) is 1. The van der Waals surface area contributed by atoms with Crippen molar-refractivity contribution in [2.75, 3.05) is 7.05 Å². The molecule has 1 unspecified atom stereocenters. The van der Waals surface area contributed by atoms with Crippen LogP contribution in [0.4, 0.5) is 0 Å². The Morgan fingerprint density at radius 2 is 2.06 bits per heavy atom. The molecule has 1 atom stereocenters. The van der Waals surface area contributed by atoms with Crippen LogP contribution >= 0.6 is 15.9 Å². The summed E-state index contributed by atoms with van der Waals surface area (Å²) in [6.07, 6.45) is 0. The van der Waals surface area contributed by atoms with Crippen molar-refractivity contribution in [3.05, 3.63) is 34.2 Å². The first-order chi connectivity index (χ1) is 7.61. The molecule has 0 bridgehead atoms. The van der Waals surface area contributed by atoms with E-state index in [4.69, 9.17) is 0 Å². The van der Waals surface area contributed by atoms with Crippen LogP contribution in [0, 0.1) is 6.92 Å². The third-order valence-corrected chi connectivity index (χ3v) is 3.18. The molecule has 3 nitrogen and oxygen atoms in total. The minimum Gasteiger partial charge on any atom is -0.311 e. The largest absolute Gasteiger partial charge is 0.311 e. The van der Waals surface area contributed by atoms with E-state index >= 15 is 0 Å². The first-order valence-corrected chi connectivity index (χ1v) is 6.02. The molecule has 1 aromatic heterocycles. The molecule has 0 amide bonds. The Labute approximate surface area is 103 Å². The molecular formula is C12H14BrN3. The second-order valence-corrected chi connectivity index (χ2v) is 4.75. The molecule has 4 heteroatoms. The number of aromatic nitrogens is 2. The van der Waals surface area contributed by atoms with E-state index in [1.54, 1.807) is 0 Å². The van der Waals surface area contributed by atoms with Gasteiger partial charge in [-0.25, -0.2) is 9.97 Å². The summed E-state index contributed by atoms with van der Waals surface area (Å²) in [5.41, 5.74) is 2.01. The van der Waals surface area contributed by atoms with Gasteiger partial charge in [0, 0.05) is 15.6 Å². The lowest BCUT2D eigenvalue weighted by Gasteiger charge is -2.11. The molecule has 0 spiro atoms. The zero-order valence-electron chi connectivity index (χ0n) is 9.58. The summed E-state index contributed by atoms with van der Waals surface area (Å²) < 4.78 is 1.04. The lowest BCUT2D eigenvalue weighted by atomic mass is 10.2. The van der Waals surface area contributed by atoms with Gasteiger partial charge in [0.15, 0.2) is 0 Å². The van der Waals surface area contributed by atoms with E-state index in [9.17, 15) is 0 Å². The highest BCUT2D eigenvalue weighted by Gasteiger charge is 2.09. The molecule has 1 heterocycles. The van der Waals surface area contributed by atoms with Crippen molar-refractivity contribution in [2.24, 2.45) is 0 Å². The van der Waals surface area contributed by atoms with E-state index in [1.807, 2.05) is 32.2 Å². The van der Waals surface area contributed by atoms with Crippen LogP contribution in [0.25, 0.3) is 10.9 Å². The summed E-state index contributed by atoms with van der Waals surface area (Å²) in [6.45, 7) is 4.07. The normalized spacial score (nSPS) is 13.0. The monoisotopic (exact) mass is 279 g/mol. The maximum Gasteiger partial charge on any atom is 0.145 e. The van der Waals surface area contributed by atoms with E-state index in [1.165, 1.54) is 0 Å². The summed E-state index contributed by atoms with van der Waals surface area (Å²) >= 11 is 3.46. The molecule has 0 radical (unpaired) electrons. The average molecular weight is 280 g/mol. The molecule has 0 saturated heterocycles. The van der Waals surface area contributed by atoms with Crippen molar-refractivity contribution in [3.8, 4) is 0 Å². The Morgan fingerprint density at radius 3 is 2.75 bits per heavy atom. The van der Waals surface area contributed by atoms with Crippen LogP contribution in [0.5, 0.6) is 0 Å². The Hall–Kier alpha value is -1.00. The van der Waals surface area contributed by atoms with E-state index in [2.05, 4.69) is 38.1 Å². The quantitative estimate of drug-likeness (QED) is 0.919. The first kappa shape index (κ1) is 11.5. The third kappa shape index (κ3) is 2.08. The molecule has 0 fully saturated rings. The van der Waals surface area contributed by atoms with Crippen LogP contribution in [0.1, 0.15) is 24.5 Å². The van der Waals surface area contributed by atoms with Crippen molar-refractivity contribution in [2.45, 2.75) is 19.9 Å². The van der Waals surface area contributed by atoms with Crippen molar-refractivity contribution < 1.29 is 0 Å². The average Bonchev–Trinajstić information content (AvgIpc) is 2.27. The second kappa shape index (κ2) is 4.47. The lowest BCUT2D eigenvalue weighted by molar-refractivity contribution is 0.611. The van der Waals surface area contributed by atoms with Crippen LogP contribution in [0.15, 0.2) is 22.7 Å². The smallest absolute Gasteiger partial charge is 0.145 e. The highest BCUT2D eigenvalue weighted by atomic mass is 79.9. The van der Waals surface area contributed by atoms with Gasteiger partial charge in [-0.05, 0) is 39.1 Å². The SMILES string of the molecule is CNC(C)c1nc(C)c2ccc(Br)cc2n1. The highest BCUT2D eigenvalue weighted by molar-refractivity contribution is 9.10. The molecule has 0 aliphatic carbocycles. The molecule has 84 valence electrons. The molecule has 1 N–H and O–H groups in total. The van der Waals surface area contributed by atoms with Crippen LogP contribution < -0.4 is 5.32 Å². The summed E-state index contributed by atoms with van der Waals surface area (Å²) in [4.78, 5) is 9.08. The van der Waals surface area contributed by atoms with Crippen molar-refractivity contribution in [1.29, 1.82) is 0 Å². The van der Waals surface area contributed by atoms with E-state index in [0.29, 0.717) is 0 Å². The standard InChI is InChI=1S/C12H14BrN3/c1-7-10-5-4-9(13)6-11(10)16-12(15-7)8(2)14-3/h4-6,8,14H,1-3H3. The number of fused-ring (bicyclic) bond motifs is 1. The number of rotatable bonds is 2. The van der Waals surface area contributed by atoms with Crippen LogP contribution in [-0.4, -0.2) is 17.0 Å². The number of halogens is 1. The molecule has 1 aromatic carbocycles. The van der Waals surface area contributed by atoms with Crippen LogP contribution in [-0.2, 0) is 0 Å². The van der Waals surface area contributed by atoms with Crippen molar-refractivity contribution in [3.63, 3.8) is 0 Å². The third-order valence-electron chi connectivity index (χ3n) is 2.69. The fraction of sp³-hybridized carbons (Fsp3) is 0.333. The molecule has 0 aliphatic heterocycles. The number of hydrogen-bond donors (Lipinski definition) is 1. The molecule has 2 rings (SSSR count). The van der Waals surface area contributed by atoms with Crippen molar-refractivity contribution in [1.82, 2.24) is 15.3 Å². The van der Waals surface area contributed by atoms with Gasteiger partial charge < -0.3 is 5.32 Å². The molecule has 0 aliphatic rings. The predicted molar refractivity (Wildman–Crippen MR) is 69.4 cm³/mol. The Kier molecular flexibility index (Phi) is 3.21. The van der Waals surface area contributed by atoms with Crippen LogP contribution in [0.2, 0.25) is 0 Å². The zero-order valence-corrected chi connectivity index (χ0v) is 11.2. The van der Waals surface area contributed by atoms with E-state index in [0.717, 1.165) is 26.9 Å². The highest BCUT2D eigenvalue weighted by Crippen LogP contribution is 2.21. The maximum atomic E-state index is 4.56. The molecular weight excluding hydrogens is 266 g/mol. The lowest BCUT2D eigenvalue weighted by Crippen LogP contribution is -2.16. The second-order valence-electron chi connectivity index (χ2n) is 3.84. The van der Waals surface area contributed by atoms with Gasteiger partial charge in [-0.2, -0.15) is 0 Å². The Balaban J connectivity index is 2.65. The van der Waals surface area contributed by atoms with Gasteiger partial charge in [-0.1, -0.05) is 15.9 Å². The molecule has 16 heavy (non-hydrogen) atoms. The topological polar surface area (TPSA) is 37.8 Å². The van der Waals surface area contributed by atoms with Gasteiger partial charge in [0.1, 0.15) is 5.82 Å². The summed E-state index contributed by atoms with van der Waals surface area (Å²) in [5, 5.41) is 4.26. The number of aryl methyl sites for hydroxylation is 1. The minimum atomic E-state index is 0.169. The van der Waals surface area contributed by atoms with Gasteiger partial charge in [0.25, 0.3) is 0 Å². The van der Waals surface area contributed by atoms with Gasteiger partial charge in [-0.3, -0.25) is 0 Å². The zero-order chi connectivity index (χ0) is 11.7. The van der Waals surface area contributed by atoms with Crippen molar-refractivity contribution >= 4 is 26.8 Å². The first-order valence-electron chi connectivity index (χ1n) is 5.23. The van der Waals surface area contributed by atoms with E-state index in [-0.39, 0.29) is 6.04 Å². The minimum absolute atomic E-state index is 0.169. The number of nitrogens with zero attached hydrogens (tertiary/aromatic N) is 2. The molecule has 2 aromatic rings.